The fourth-order valence-electron chi connectivity index (χ4n) is 4.62. The molecule has 162 valence electrons. The van der Waals surface area contributed by atoms with E-state index >= 15 is 0 Å². The van der Waals surface area contributed by atoms with Gasteiger partial charge in [0, 0.05) is 49.5 Å². The maximum absolute atomic E-state index is 12.5. The van der Waals surface area contributed by atoms with Crippen LogP contribution in [-0.2, 0) is 19.1 Å². The summed E-state index contributed by atoms with van der Waals surface area (Å²) in [5, 5.41) is 5.51. The lowest BCUT2D eigenvalue weighted by atomic mass is 9.75. The molecule has 1 aromatic rings. The Balaban J connectivity index is 1.35. The Hall–Kier alpha value is -2.45. The summed E-state index contributed by atoms with van der Waals surface area (Å²) >= 11 is 0. The molecule has 0 unspecified atom stereocenters. The van der Waals surface area contributed by atoms with Gasteiger partial charge in [-0.25, -0.2) is 0 Å². The van der Waals surface area contributed by atoms with Gasteiger partial charge in [-0.2, -0.15) is 0 Å². The van der Waals surface area contributed by atoms with Crippen molar-refractivity contribution in [1.29, 1.82) is 0 Å². The topological polar surface area (TPSA) is 91.0 Å². The highest BCUT2D eigenvalue weighted by molar-refractivity contribution is 6.39. The molecule has 2 aliphatic heterocycles. The van der Waals surface area contributed by atoms with Crippen LogP contribution >= 0.6 is 0 Å². The first-order valence-electron chi connectivity index (χ1n) is 10.8. The van der Waals surface area contributed by atoms with Crippen LogP contribution in [0.1, 0.15) is 37.7 Å². The van der Waals surface area contributed by atoms with Gasteiger partial charge in [-0.1, -0.05) is 6.07 Å². The predicted molar refractivity (Wildman–Crippen MR) is 113 cm³/mol. The third-order valence-corrected chi connectivity index (χ3v) is 6.58. The number of benzene rings is 1. The molecule has 3 amide bonds. The van der Waals surface area contributed by atoms with E-state index in [2.05, 4.69) is 15.5 Å². The third kappa shape index (κ3) is 4.20. The summed E-state index contributed by atoms with van der Waals surface area (Å²) in [5.74, 6) is -1.23. The Bertz CT molecular complexity index is 830. The summed E-state index contributed by atoms with van der Waals surface area (Å²) < 4.78 is 5.44. The number of morpholine rings is 1. The van der Waals surface area contributed by atoms with Crippen molar-refractivity contribution in [3.05, 3.63) is 23.8 Å². The van der Waals surface area contributed by atoms with E-state index in [0.29, 0.717) is 38.4 Å². The molecular weight excluding hydrogens is 384 g/mol. The van der Waals surface area contributed by atoms with Crippen molar-refractivity contribution in [3.8, 4) is 0 Å². The zero-order valence-corrected chi connectivity index (χ0v) is 17.5. The lowest BCUT2D eigenvalue weighted by Crippen LogP contribution is -2.63. The van der Waals surface area contributed by atoms with Crippen molar-refractivity contribution in [1.82, 2.24) is 10.2 Å². The molecule has 3 fully saturated rings. The van der Waals surface area contributed by atoms with E-state index in [0.717, 1.165) is 50.0 Å². The number of nitrogens with one attached hydrogen (secondary N) is 2. The second-order valence-electron chi connectivity index (χ2n) is 8.46. The molecule has 8 nitrogen and oxygen atoms in total. The Morgan fingerprint density at radius 3 is 2.50 bits per heavy atom. The molecule has 1 aromatic carbocycles. The van der Waals surface area contributed by atoms with Crippen LogP contribution in [0.15, 0.2) is 18.2 Å². The molecule has 4 rings (SSSR count). The average Bonchev–Trinajstić information content (AvgIpc) is 3.15. The minimum Gasteiger partial charge on any atom is -0.379 e. The van der Waals surface area contributed by atoms with E-state index in [-0.39, 0.29) is 11.4 Å². The highest BCUT2D eigenvalue weighted by atomic mass is 16.5. The van der Waals surface area contributed by atoms with Gasteiger partial charge in [0.05, 0.1) is 13.2 Å². The number of nitrogens with zero attached hydrogens (tertiary/aromatic N) is 2. The maximum Gasteiger partial charge on any atom is 0.313 e. The number of hydrogen-bond donors (Lipinski definition) is 2. The smallest absolute Gasteiger partial charge is 0.313 e. The minimum atomic E-state index is -0.686. The van der Waals surface area contributed by atoms with Crippen molar-refractivity contribution >= 4 is 29.1 Å². The summed E-state index contributed by atoms with van der Waals surface area (Å²) in [4.78, 5) is 41.1. The first kappa shape index (κ1) is 20.8. The number of rotatable bonds is 5. The molecule has 2 heterocycles. The van der Waals surface area contributed by atoms with Gasteiger partial charge in [-0.3, -0.25) is 19.3 Å². The second-order valence-corrected chi connectivity index (χ2v) is 8.46. The van der Waals surface area contributed by atoms with Gasteiger partial charge >= 0.3 is 11.8 Å². The van der Waals surface area contributed by atoms with Crippen molar-refractivity contribution in [2.24, 2.45) is 0 Å². The Kier molecular flexibility index (Phi) is 6.06. The summed E-state index contributed by atoms with van der Waals surface area (Å²) in [6.45, 7) is 6.24. The summed E-state index contributed by atoms with van der Waals surface area (Å²) in [6.07, 6.45) is 4.58. The summed E-state index contributed by atoms with van der Waals surface area (Å²) in [7, 11) is 0. The van der Waals surface area contributed by atoms with Crippen LogP contribution in [-0.4, -0.2) is 67.6 Å². The van der Waals surface area contributed by atoms with Crippen LogP contribution in [0.4, 0.5) is 11.4 Å². The maximum atomic E-state index is 12.5. The molecule has 2 N–H and O–H groups in total. The zero-order valence-electron chi connectivity index (χ0n) is 17.5. The van der Waals surface area contributed by atoms with Crippen LogP contribution in [0.2, 0.25) is 0 Å². The molecule has 1 saturated carbocycles. The van der Waals surface area contributed by atoms with Gasteiger partial charge < -0.3 is 20.3 Å². The van der Waals surface area contributed by atoms with Crippen LogP contribution in [0.5, 0.6) is 0 Å². The van der Waals surface area contributed by atoms with E-state index < -0.39 is 11.8 Å². The number of carbonyl (C=O) groups excluding carboxylic acids is 3. The molecule has 2 saturated heterocycles. The Morgan fingerprint density at radius 2 is 1.87 bits per heavy atom. The normalized spacial score (nSPS) is 21.2. The average molecular weight is 415 g/mol. The van der Waals surface area contributed by atoms with Crippen LogP contribution in [0.3, 0.4) is 0 Å². The predicted octanol–water partition coefficient (Wildman–Crippen LogP) is 1.43. The SMILES string of the molecule is Cc1ccc(NC(=O)C(=O)NCC2(N3CCOCC3)CCC2)cc1N1CCCC1=O. The molecule has 1 aliphatic carbocycles. The van der Waals surface area contributed by atoms with E-state index in [1.54, 1.807) is 17.0 Å². The molecule has 30 heavy (non-hydrogen) atoms. The highest BCUT2D eigenvalue weighted by Gasteiger charge is 2.43. The number of anilines is 2. The Morgan fingerprint density at radius 1 is 1.10 bits per heavy atom. The molecule has 0 radical (unpaired) electrons. The molecule has 0 atom stereocenters. The quantitative estimate of drug-likeness (QED) is 0.712. The van der Waals surface area contributed by atoms with Gasteiger partial charge in [-0.15, -0.1) is 0 Å². The van der Waals surface area contributed by atoms with E-state index in [4.69, 9.17) is 4.74 Å². The van der Waals surface area contributed by atoms with Crippen molar-refractivity contribution in [2.75, 3.05) is 49.6 Å². The fraction of sp³-hybridized carbons (Fsp3) is 0.591. The van der Waals surface area contributed by atoms with E-state index in [1.165, 1.54) is 0 Å². The number of carbonyl (C=O) groups is 3. The Labute approximate surface area is 176 Å². The molecular formula is C22H30N4O4. The highest BCUT2D eigenvalue weighted by Crippen LogP contribution is 2.37. The fourth-order valence-corrected chi connectivity index (χ4v) is 4.62. The van der Waals surface area contributed by atoms with Gasteiger partial charge in [0.2, 0.25) is 5.91 Å². The first-order chi connectivity index (χ1) is 14.5. The second kappa shape index (κ2) is 8.73. The molecule has 0 spiro atoms. The van der Waals surface area contributed by atoms with E-state index in [1.807, 2.05) is 13.0 Å². The minimum absolute atomic E-state index is 0.0487. The molecule has 0 bridgehead atoms. The van der Waals surface area contributed by atoms with Crippen molar-refractivity contribution < 1.29 is 19.1 Å². The number of hydrogen-bond acceptors (Lipinski definition) is 5. The molecule has 3 aliphatic rings. The standard InChI is InChI=1S/C22H30N4O4/c1-16-5-6-17(14-18(16)26-9-2-4-19(26)27)24-21(29)20(28)23-15-22(7-3-8-22)25-10-12-30-13-11-25/h5-6,14H,2-4,7-13,15H2,1H3,(H,23,28)(H,24,29). The number of ether oxygens (including phenoxy) is 1. The van der Waals surface area contributed by atoms with Crippen LogP contribution in [0, 0.1) is 6.92 Å². The first-order valence-corrected chi connectivity index (χ1v) is 10.8. The largest absolute Gasteiger partial charge is 0.379 e. The summed E-state index contributed by atoms with van der Waals surface area (Å²) in [5.41, 5.74) is 2.22. The van der Waals surface area contributed by atoms with Crippen LogP contribution in [0.25, 0.3) is 0 Å². The monoisotopic (exact) mass is 414 g/mol. The van der Waals surface area contributed by atoms with Crippen molar-refractivity contribution in [2.45, 2.75) is 44.6 Å². The lowest BCUT2D eigenvalue weighted by molar-refractivity contribution is -0.137. The zero-order chi connectivity index (χ0) is 21.1. The summed E-state index contributed by atoms with van der Waals surface area (Å²) in [6, 6.07) is 5.38. The van der Waals surface area contributed by atoms with E-state index in [9.17, 15) is 14.4 Å². The van der Waals surface area contributed by atoms with Gasteiger partial charge in [-0.05, 0) is 50.3 Å². The van der Waals surface area contributed by atoms with Crippen molar-refractivity contribution in [3.63, 3.8) is 0 Å². The molecule has 0 aromatic heterocycles. The lowest BCUT2D eigenvalue weighted by Gasteiger charge is -2.51. The van der Waals surface area contributed by atoms with Crippen LogP contribution < -0.4 is 15.5 Å². The van der Waals surface area contributed by atoms with Gasteiger partial charge in [0.25, 0.3) is 0 Å². The molecule has 8 heteroatoms. The number of amides is 3. The van der Waals surface area contributed by atoms with Gasteiger partial charge in [0.15, 0.2) is 0 Å². The number of aryl methyl sites for hydroxylation is 1. The van der Waals surface area contributed by atoms with Gasteiger partial charge in [0.1, 0.15) is 0 Å². The third-order valence-electron chi connectivity index (χ3n) is 6.58.